The van der Waals surface area contributed by atoms with Crippen molar-refractivity contribution in [1.29, 1.82) is 5.26 Å². The summed E-state index contributed by atoms with van der Waals surface area (Å²) in [6, 6.07) is 7.71. The van der Waals surface area contributed by atoms with Crippen LogP contribution in [-0.2, 0) is 0 Å². The molecule has 0 aliphatic rings. The third-order valence-corrected chi connectivity index (χ3v) is 2.69. The maximum Gasteiger partial charge on any atom is 0.110 e. The van der Waals surface area contributed by atoms with Gasteiger partial charge in [-0.15, -0.1) is 11.8 Å². The molecule has 2 N–H and O–H groups in total. The van der Waals surface area contributed by atoms with Crippen LogP contribution in [0.2, 0.25) is 0 Å². The smallest absolute Gasteiger partial charge is 0.110 e. The zero-order valence-electron chi connectivity index (χ0n) is 7.40. The summed E-state index contributed by atoms with van der Waals surface area (Å²) in [6.07, 6.45) is 1.72. The number of aromatic nitrogens is 1. The zero-order valence-corrected chi connectivity index (χ0v) is 8.21. The van der Waals surface area contributed by atoms with Crippen LogP contribution in [0.4, 0.5) is 0 Å². The van der Waals surface area contributed by atoms with E-state index < -0.39 is 5.54 Å². The second-order valence-electron chi connectivity index (χ2n) is 2.99. The lowest BCUT2D eigenvalue weighted by molar-refractivity contribution is 0.681. The molecule has 3 nitrogen and oxygen atoms in total. The summed E-state index contributed by atoms with van der Waals surface area (Å²) >= 11 is 1.49. The summed E-state index contributed by atoms with van der Waals surface area (Å²) in [5, 5.41) is 9.56. The Balaban J connectivity index is 2.50. The fourth-order valence-electron chi connectivity index (χ4n) is 0.689. The highest BCUT2D eigenvalue weighted by Gasteiger charge is 2.17. The van der Waals surface area contributed by atoms with Gasteiger partial charge in [0, 0.05) is 11.9 Å². The summed E-state index contributed by atoms with van der Waals surface area (Å²) in [6.45, 7) is 1.71. The molecule has 1 unspecified atom stereocenters. The molecule has 0 radical (unpaired) electrons. The molecule has 0 bridgehead atoms. The number of thioether (sulfide) groups is 1. The van der Waals surface area contributed by atoms with E-state index >= 15 is 0 Å². The van der Waals surface area contributed by atoms with Gasteiger partial charge in [-0.3, -0.25) is 0 Å². The minimum Gasteiger partial charge on any atom is -0.313 e. The van der Waals surface area contributed by atoms with E-state index in [9.17, 15) is 0 Å². The molecule has 0 aliphatic heterocycles. The number of pyridine rings is 1. The van der Waals surface area contributed by atoms with Gasteiger partial charge in [0.2, 0.25) is 0 Å². The van der Waals surface area contributed by atoms with Crippen LogP contribution in [0, 0.1) is 11.3 Å². The van der Waals surface area contributed by atoms with Crippen LogP contribution < -0.4 is 5.73 Å². The fraction of sp³-hybridized carbons (Fsp3) is 0.333. The third kappa shape index (κ3) is 3.45. The Morgan fingerprint density at radius 1 is 1.69 bits per heavy atom. The van der Waals surface area contributed by atoms with Crippen LogP contribution in [0.5, 0.6) is 0 Å². The zero-order chi connectivity index (χ0) is 9.73. The summed E-state index contributed by atoms with van der Waals surface area (Å²) < 4.78 is 0. The lowest BCUT2D eigenvalue weighted by Gasteiger charge is -2.13. The van der Waals surface area contributed by atoms with Crippen molar-refractivity contribution in [3.05, 3.63) is 24.4 Å². The Labute approximate surface area is 82.0 Å². The van der Waals surface area contributed by atoms with Gasteiger partial charge in [0.25, 0.3) is 0 Å². The Kier molecular flexibility index (Phi) is 3.29. The van der Waals surface area contributed by atoms with E-state index in [0.717, 1.165) is 5.03 Å². The number of hydrogen-bond donors (Lipinski definition) is 1. The molecule has 68 valence electrons. The fourth-order valence-corrected chi connectivity index (χ4v) is 1.51. The summed E-state index contributed by atoms with van der Waals surface area (Å²) in [5.74, 6) is 0.556. The van der Waals surface area contributed by atoms with Crippen LogP contribution in [0.25, 0.3) is 0 Å². The Bertz CT molecular complexity index is 302. The predicted octanol–water partition coefficient (Wildman–Crippen LogP) is 1.41. The molecule has 1 aromatic rings. The summed E-state index contributed by atoms with van der Waals surface area (Å²) in [7, 11) is 0. The van der Waals surface area contributed by atoms with E-state index in [-0.39, 0.29) is 0 Å². The maximum absolute atomic E-state index is 8.66. The minimum absolute atomic E-state index is 0.556. The molecule has 1 heterocycles. The Hall–Kier alpha value is -1.05. The molecule has 13 heavy (non-hydrogen) atoms. The first-order valence-corrected chi connectivity index (χ1v) is 4.86. The highest BCUT2D eigenvalue weighted by Crippen LogP contribution is 2.18. The lowest BCUT2D eigenvalue weighted by Crippen LogP contribution is -2.36. The highest BCUT2D eigenvalue weighted by atomic mass is 32.2. The van der Waals surface area contributed by atoms with Gasteiger partial charge in [-0.2, -0.15) is 5.26 Å². The van der Waals surface area contributed by atoms with Crippen LogP contribution in [0.1, 0.15) is 6.92 Å². The van der Waals surface area contributed by atoms with Crippen molar-refractivity contribution in [2.24, 2.45) is 5.73 Å². The molecule has 0 aliphatic carbocycles. The topological polar surface area (TPSA) is 62.7 Å². The van der Waals surface area contributed by atoms with E-state index in [1.807, 2.05) is 24.3 Å². The van der Waals surface area contributed by atoms with Crippen LogP contribution >= 0.6 is 11.8 Å². The number of hydrogen-bond acceptors (Lipinski definition) is 4. The number of nitriles is 1. The van der Waals surface area contributed by atoms with Gasteiger partial charge in [0.1, 0.15) is 5.54 Å². The monoisotopic (exact) mass is 193 g/mol. The van der Waals surface area contributed by atoms with E-state index in [1.54, 1.807) is 13.1 Å². The maximum atomic E-state index is 8.66. The van der Waals surface area contributed by atoms with Gasteiger partial charge in [-0.05, 0) is 19.1 Å². The first-order chi connectivity index (χ1) is 6.14. The highest BCUT2D eigenvalue weighted by molar-refractivity contribution is 7.99. The second kappa shape index (κ2) is 4.26. The van der Waals surface area contributed by atoms with E-state index in [1.165, 1.54) is 11.8 Å². The van der Waals surface area contributed by atoms with E-state index in [2.05, 4.69) is 4.98 Å². The van der Waals surface area contributed by atoms with Gasteiger partial charge in [0.15, 0.2) is 0 Å². The van der Waals surface area contributed by atoms with Crippen molar-refractivity contribution in [3.8, 4) is 6.07 Å². The molecule has 1 rings (SSSR count). The number of nitrogens with zero attached hydrogens (tertiary/aromatic N) is 2. The normalized spacial score (nSPS) is 14.5. The van der Waals surface area contributed by atoms with Crippen molar-refractivity contribution >= 4 is 11.8 Å². The molecule has 0 saturated heterocycles. The van der Waals surface area contributed by atoms with Crippen LogP contribution in [0.15, 0.2) is 29.4 Å². The second-order valence-corrected chi connectivity index (χ2v) is 3.98. The summed E-state index contributed by atoms with van der Waals surface area (Å²) in [4.78, 5) is 4.11. The SMILES string of the molecule is CC(N)(C#N)CSc1ccccn1. The molecule has 0 aromatic carbocycles. The average Bonchev–Trinajstić information content (AvgIpc) is 2.17. The average molecular weight is 193 g/mol. The molecule has 0 saturated carbocycles. The number of nitrogens with two attached hydrogens (primary N) is 1. The van der Waals surface area contributed by atoms with Crippen LogP contribution in [-0.4, -0.2) is 16.3 Å². The molecular weight excluding hydrogens is 182 g/mol. The van der Waals surface area contributed by atoms with Gasteiger partial charge >= 0.3 is 0 Å². The molecular formula is C9H11N3S. The standard InChI is InChI=1S/C9H11N3S/c1-9(11,6-10)7-13-8-4-2-3-5-12-8/h2-5H,7,11H2,1H3. The van der Waals surface area contributed by atoms with Crippen molar-refractivity contribution < 1.29 is 0 Å². The quantitative estimate of drug-likeness (QED) is 0.737. The number of rotatable bonds is 3. The minimum atomic E-state index is -0.776. The molecule has 4 heteroatoms. The molecule has 1 atom stereocenters. The van der Waals surface area contributed by atoms with Gasteiger partial charge < -0.3 is 5.73 Å². The molecule has 0 amide bonds. The van der Waals surface area contributed by atoms with Gasteiger partial charge in [-0.1, -0.05) is 6.07 Å². The van der Waals surface area contributed by atoms with Gasteiger partial charge in [0.05, 0.1) is 11.1 Å². The molecule has 0 spiro atoms. The Morgan fingerprint density at radius 2 is 2.46 bits per heavy atom. The van der Waals surface area contributed by atoms with Crippen molar-refractivity contribution in [2.75, 3.05) is 5.75 Å². The first-order valence-electron chi connectivity index (χ1n) is 3.88. The van der Waals surface area contributed by atoms with Gasteiger partial charge in [-0.25, -0.2) is 4.98 Å². The van der Waals surface area contributed by atoms with Crippen molar-refractivity contribution in [1.82, 2.24) is 4.98 Å². The van der Waals surface area contributed by atoms with Crippen molar-refractivity contribution in [2.45, 2.75) is 17.5 Å². The van der Waals surface area contributed by atoms with E-state index in [4.69, 9.17) is 11.0 Å². The largest absolute Gasteiger partial charge is 0.313 e. The first kappa shape index (κ1) is 10.0. The molecule has 1 aromatic heterocycles. The van der Waals surface area contributed by atoms with E-state index in [0.29, 0.717) is 5.75 Å². The summed E-state index contributed by atoms with van der Waals surface area (Å²) in [5.41, 5.74) is 4.88. The third-order valence-electron chi connectivity index (χ3n) is 1.41. The van der Waals surface area contributed by atoms with Crippen molar-refractivity contribution in [3.63, 3.8) is 0 Å². The Morgan fingerprint density at radius 3 is 3.00 bits per heavy atom. The predicted molar refractivity (Wildman–Crippen MR) is 53.2 cm³/mol. The lowest BCUT2D eigenvalue weighted by atomic mass is 10.1. The van der Waals surface area contributed by atoms with Crippen LogP contribution in [0.3, 0.4) is 0 Å². The molecule has 0 fully saturated rings.